The summed E-state index contributed by atoms with van der Waals surface area (Å²) in [4.78, 5) is 29.0. The molecule has 0 unspecified atom stereocenters. The minimum atomic E-state index is -0.140. The zero-order valence-electron chi connectivity index (χ0n) is 19.0. The van der Waals surface area contributed by atoms with E-state index in [9.17, 15) is 9.59 Å². The maximum absolute atomic E-state index is 13.1. The average molecular weight is 447 g/mol. The molecule has 2 amide bonds. The number of hydrogen-bond acceptors (Lipinski definition) is 5. The number of rotatable bonds is 8. The molecule has 0 aliphatic heterocycles. The quantitative estimate of drug-likeness (QED) is 0.561. The van der Waals surface area contributed by atoms with Crippen LogP contribution in [-0.2, 0) is 11.3 Å². The van der Waals surface area contributed by atoms with Crippen LogP contribution >= 0.6 is 0 Å². The van der Waals surface area contributed by atoms with Gasteiger partial charge in [0.05, 0.1) is 17.8 Å². The first-order valence-corrected chi connectivity index (χ1v) is 11.6. The Bertz CT molecular complexity index is 1080. The monoisotopic (exact) mass is 446 g/mol. The smallest absolute Gasteiger partial charge is 0.255 e. The highest BCUT2D eigenvalue weighted by Gasteiger charge is 2.24. The Morgan fingerprint density at radius 1 is 1.03 bits per heavy atom. The van der Waals surface area contributed by atoms with Crippen molar-refractivity contribution >= 4 is 17.5 Å². The first-order valence-electron chi connectivity index (χ1n) is 11.6. The van der Waals surface area contributed by atoms with Crippen molar-refractivity contribution in [2.75, 3.05) is 12.4 Å². The second-order valence-corrected chi connectivity index (χ2v) is 8.48. The molecule has 3 aromatic rings. The molecule has 0 saturated heterocycles. The molecular formula is C25H30N6O2. The number of hydrogen-bond donors (Lipinski definition) is 1. The number of anilines is 1. The summed E-state index contributed by atoms with van der Waals surface area (Å²) in [6.45, 7) is 0.484. The normalized spacial score (nSPS) is 14.1. The van der Waals surface area contributed by atoms with Crippen LogP contribution in [0.25, 0.3) is 11.4 Å². The minimum absolute atomic E-state index is 0.0435. The molecule has 172 valence electrons. The van der Waals surface area contributed by atoms with Gasteiger partial charge in [0.2, 0.25) is 11.7 Å². The fraction of sp³-hybridized carbons (Fsp3) is 0.400. The summed E-state index contributed by atoms with van der Waals surface area (Å²) in [7, 11) is 1.87. The number of amides is 2. The first-order chi connectivity index (χ1) is 16.1. The van der Waals surface area contributed by atoms with Crippen LogP contribution < -0.4 is 5.32 Å². The summed E-state index contributed by atoms with van der Waals surface area (Å²) >= 11 is 0. The summed E-state index contributed by atoms with van der Waals surface area (Å²) in [6.07, 6.45) is 6.50. The lowest BCUT2D eigenvalue weighted by Gasteiger charge is -2.31. The molecule has 8 heteroatoms. The van der Waals surface area contributed by atoms with Crippen molar-refractivity contribution in [2.45, 2.75) is 57.5 Å². The summed E-state index contributed by atoms with van der Waals surface area (Å²) in [5.41, 5.74) is 1.99. The molecule has 8 nitrogen and oxygen atoms in total. The van der Waals surface area contributed by atoms with Gasteiger partial charge in [-0.25, -0.2) is 0 Å². The van der Waals surface area contributed by atoms with Crippen molar-refractivity contribution < 1.29 is 9.59 Å². The van der Waals surface area contributed by atoms with E-state index in [2.05, 4.69) is 20.7 Å². The van der Waals surface area contributed by atoms with E-state index < -0.39 is 0 Å². The fourth-order valence-electron chi connectivity index (χ4n) is 4.24. The maximum atomic E-state index is 13.1. The third-order valence-corrected chi connectivity index (χ3v) is 6.12. The summed E-state index contributed by atoms with van der Waals surface area (Å²) in [5, 5.41) is 15.4. The summed E-state index contributed by atoms with van der Waals surface area (Å²) in [6, 6.07) is 17.1. The largest absolute Gasteiger partial charge is 0.339 e. The van der Waals surface area contributed by atoms with Crippen molar-refractivity contribution in [3.05, 3.63) is 60.2 Å². The fourth-order valence-corrected chi connectivity index (χ4v) is 4.24. The third-order valence-electron chi connectivity index (χ3n) is 6.12. The molecule has 2 aromatic carbocycles. The van der Waals surface area contributed by atoms with Gasteiger partial charge in [-0.15, -0.1) is 10.2 Å². The van der Waals surface area contributed by atoms with Crippen LogP contribution in [0.5, 0.6) is 0 Å². The van der Waals surface area contributed by atoms with Gasteiger partial charge in [0, 0.05) is 25.1 Å². The van der Waals surface area contributed by atoms with Crippen molar-refractivity contribution in [1.82, 2.24) is 25.1 Å². The molecule has 0 atom stereocenters. The topological polar surface area (TPSA) is 93.0 Å². The molecule has 4 rings (SSSR count). The third kappa shape index (κ3) is 5.83. The van der Waals surface area contributed by atoms with Crippen molar-refractivity contribution in [3.8, 4) is 11.4 Å². The van der Waals surface area contributed by atoms with Crippen molar-refractivity contribution in [3.63, 3.8) is 0 Å². The van der Waals surface area contributed by atoms with Crippen LogP contribution in [0.2, 0.25) is 0 Å². The van der Waals surface area contributed by atoms with Gasteiger partial charge in [0.1, 0.15) is 0 Å². The molecule has 0 bridgehead atoms. The van der Waals surface area contributed by atoms with E-state index >= 15 is 0 Å². The molecule has 0 spiro atoms. The van der Waals surface area contributed by atoms with Gasteiger partial charge in [-0.2, -0.15) is 4.80 Å². The lowest BCUT2D eigenvalue weighted by atomic mass is 9.94. The molecule has 1 aliphatic rings. The SMILES string of the molecule is CN(C(=O)c1ccccc1NC(=O)CCCn1nnc(-c2ccccc2)n1)C1CCCCC1. The average Bonchev–Trinajstić information content (AvgIpc) is 3.33. The predicted octanol–water partition coefficient (Wildman–Crippen LogP) is 4.16. The molecule has 1 N–H and O–H groups in total. The van der Waals surface area contributed by atoms with Gasteiger partial charge < -0.3 is 10.2 Å². The second-order valence-electron chi connectivity index (χ2n) is 8.48. The predicted molar refractivity (Wildman–Crippen MR) is 127 cm³/mol. The lowest BCUT2D eigenvalue weighted by Crippen LogP contribution is -2.38. The molecule has 1 fully saturated rings. The Hall–Kier alpha value is -3.55. The summed E-state index contributed by atoms with van der Waals surface area (Å²) < 4.78 is 0. The maximum Gasteiger partial charge on any atom is 0.255 e. The number of nitrogens with zero attached hydrogens (tertiary/aromatic N) is 5. The second kappa shape index (κ2) is 10.8. The Kier molecular flexibility index (Phi) is 7.44. The number of aromatic nitrogens is 4. The van der Waals surface area contributed by atoms with Gasteiger partial charge in [-0.3, -0.25) is 9.59 Å². The van der Waals surface area contributed by atoms with Crippen LogP contribution in [0, 0.1) is 0 Å². The number of para-hydroxylation sites is 1. The standard InChI is InChI=1S/C25H30N6O2/c1-30(20-13-6-3-7-14-20)25(33)21-15-8-9-16-22(21)26-23(32)17-10-18-31-28-24(27-29-31)19-11-4-2-5-12-19/h2,4-5,8-9,11-12,15-16,20H,3,6-7,10,13-14,17-18H2,1H3,(H,26,32). The molecular weight excluding hydrogens is 416 g/mol. The molecule has 1 saturated carbocycles. The van der Waals surface area contributed by atoms with E-state index in [1.807, 2.05) is 54.4 Å². The Morgan fingerprint density at radius 3 is 2.55 bits per heavy atom. The van der Waals surface area contributed by atoms with E-state index in [1.165, 1.54) is 11.2 Å². The number of nitrogens with one attached hydrogen (secondary N) is 1. The Labute approximate surface area is 194 Å². The number of carbonyl (C=O) groups excluding carboxylic acids is 2. The zero-order valence-corrected chi connectivity index (χ0v) is 19.0. The highest BCUT2D eigenvalue weighted by molar-refractivity contribution is 6.03. The highest BCUT2D eigenvalue weighted by atomic mass is 16.2. The van der Waals surface area contributed by atoms with Gasteiger partial charge in [0.25, 0.3) is 5.91 Å². The molecule has 1 aliphatic carbocycles. The van der Waals surface area contributed by atoms with Crippen LogP contribution in [0.3, 0.4) is 0 Å². The lowest BCUT2D eigenvalue weighted by molar-refractivity contribution is -0.116. The Morgan fingerprint density at radius 2 is 1.76 bits per heavy atom. The van der Waals surface area contributed by atoms with Crippen LogP contribution in [0.4, 0.5) is 5.69 Å². The first kappa shape index (κ1) is 22.6. The van der Waals surface area contributed by atoms with Crippen molar-refractivity contribution in [1.29, 1.82) is 0 Å². The van der Waals surface area contributed by atoms with Gasteiger partial charge >= 0.3 is 0 Å². The number of tetrazole rings is 1. The highest BCUT2D eigenvalue weighted by Crippen LogP contribution is 2.25. The van der Waals surface area contributed by atoms with Gasteiger partial charge in [0.15, 0.2) is 0 Å². The van der Waals surface area contributed by atoms with Crippen LogP contribution in [-0.4, -0.2) is 50.0 Å². The van der Waals surface area contributed by atoms with Crippen LogP contribution in [0.1, 0.15) is 55.3 Å². The summed E-state index contributed by atoms with van der Waals surface area (Å²) in [5.74, 6) is 0.381. The number of aryl methyl sites for hydroxylation is 1. The van der Waals surface area contributed by atoms with Crippen LogP contribution in [0.15, 0.2) is 54.6 Å². The molecule has 1 heterocycles. The van der Waals surface area contributed by atoms with E-state index in [4.69, 9.17) is 0 Å². The van der Waals surface area contributed by atoms with E-state index in [0.29, 0.717) is 36.5 Å². The molecule has 33 heavy (non-hydrogen) atoms. The van der Waals surface area contributed by atoms with E-state index in [1.54, 1.807) is 12.1 Å². The van der Waals surface area contributed by atoms with Gasteiger partial charge in [-0.1, -0.05) is 61.7 Å². The van der Waals surface area contributed by atoms with Crippen molar-refractivity contribution in [2.24, 2.45) is 0 Å². The van der Waals surface area contributed by atoms with Gasteiger partial charge in [-0.05, 0) is 36.6 Å². The molecule has 0 radical (unpaired) electrons. The minimum Gasteiger partial charge on any atom is -0.339 e. The Balaban J connectivity index is 1.31. The number of benzene rings is 2. The molecule has 1 aromatic heterocycles. The van der Waals surface area contributed by atoms with E-state index in [0.717, 1.165) is 31.2 Å². The van der Waals surface area contributed by atoms with E-state index in [-0.39, 0.29) is 17.9 Å². The number of carbonyl (C=O) groups is 2. The zero-order chi connectivity index (χ0) is 23.0.